The largest absolute Gasteiger partial charge is 0.483 e. The molecule has 4 heterocycles. The second kappa shape index (κ2) is 13.2. The number of aliphatic imine (C=N–C) groups is 2. The third-order valence-corrected chi connectivity index (χ3v) is 18.5. The van der Waals surface area contributed by atoms with Crippen molar-refractivity contribution in [2.45, 2.75) is 116 Å². The number of nitrogens with zero attached hydrogens (tertiary/aromatic N) is 2. The van der Waals surface area contributed by atoms with Gasteiger partial charge in [0.25, 0.3) is 0 Å². The van der Waals surface area contributed by atoms with Gasteiger partial charge in [0.15, 0.2) is 34.6 Å². The van der Waals surface area contributed by atoms with Crippen LogP contribution in [0.25, 0.3) is 11.1 Å². The topological polar surface area (TPSA) is 111 Å². The number of allylic oxidation sites excluding steroid dienone is 6. The lowest BCUT2D eigenvalue weighted by Gasteiger charge is -2.40. The predicted octanol–water partition coefficient (Wildman–Crippen LogP) is 10.9. The van der Waals surface area contributed by atoms with E-state index in [0.29, 0.717) is 33.7 Å². The summed E-state index contributed by atoms with van der Waals surface area (Å²) in [5.74, 6) is 2.90. The van der Waals surface area contributed by atoms with Crippen LogP contribution in [-0.2, 0) is 39.9 Å². The monoisotopic (exact) mass is 840 g/mol. The van der Waals surface area contributed by atoms with E-state index in [9.17, 15) is 19.2 Å². The number of carbonyl (C=O) groups excluding carboxylic acids is 4. The van der Waals surface area contributed by atoms with Crippen LogP contribution in [0, 0.1) is 59.2 Å². The summed E-state index contributed by atoms with van der Waals surface area (Å²) in [6.45, 7) is 8.27. The molecule has 10 unspecified atom stereocenters. The predicted molar refractivity (Wildman–Crippen MR) is 234 cm³/mol. The first-order chi connectivity index (χ1) is 28.8. The zero-order chi connectivity index (χ0) is 41.0. The van der Waals surface area contributed by atoms with E-state index in [1.54, 1.807) is 22.7 Å². The van der Waals surface area contributed by atoms with Gasteiger partial charge in [0.1, 0.15) is 32.7 Å². The Morgan fingerprint density at radius 1 is 0.517 bits per heavy atom. The molecule has 10 heteroatoms. The smallest absolute Gasteiger partial charge is 0.188 e. The summed E-state index contributed by atoms with van der Waals surface area (Å²) in [4.78, 5) is 66.9. The van der Waals surface area contributed by atoms with Gasteiger partial charge in [-0.3, -0.25) is 19.2 Å². The first-order valence-corrected chi connectivity index (χ1v) is 24.3. The summed E-state index contributed by atoms with van der Waals surface area (Å²) in [6, 6.07) is 4.05. The summed E-state index contributed by atoms with van der Waals surface area (Å²) in [6.07, 6.45) is 22.0. The summed E-state index contributed by atoms with van der Waals surface area (Å²) in [5, 5.41) is 1.36. The third-order valence-electron chi connectivity index (χ3n) is 16.4. The van der Waals surface area contributed by atoms with Crippen LogP contribution in [0.2, 0.25) is 0 Å². The molecule has 0 aromatic carbocycles. The molecule has 0 radical (unpaired) electrons. The maximum Gasteiger partial charge on any atom is 0.188 e. The van der Waals surface area contributed by atoms with Gasteiger partial charge >= 0.3 is 0 Å². The molecule has 2 aliphatic heterocycles. The van der Waals surface area contributed by atoms with Gasteiger partial charge in [-0.2, -0.15) is 0 Å². The lowest BCUT2D eigenvalue weighted by molar-refractivity contribution is -0.123. The fraction of sp³-hybridized carbons (Fsp3) is 0.560. The van der Waals surface area contributed by atoms with Crippen LogP contribution < -0.4 is 0 Å². The van der Waals surface area contributed by atoms with Crippen LogP contribution in [0.5, 0.6) is 0 Å². The molecule has 10 aliphatic rings. The molecule has 0 bridgehead atoms. The molecular formula is C50H52N2O6S2. The van der Waals surface area contributed by atoms with Crippen molar-refractivity contribution in [1.29, 1.82) is 0 Å². The molecule has 6 saturated carbocycles. The van der Waals surface area contributed by atoms with Crippen molar-refractivity contribution in [3.63, 3.8) is 0 Å². The van der Waals surface area contributed by atoms with Gasteiger partial charge in [-0.05, 0) is 101 Å². The second-order valence-electron chi connectivity index (χ2n) is 20.6. The number of hydrogen-bond donors (Lipinski definition) is 0. The van der Waals surface area contributed by atoms with E-state index in [2.05, 4.69) is 52.0 Å². The number of fused-ring (bicyclic) bond motifs is 11. The van der Waals surface area contributed by atoms with E-state index in [-0.39, 0.29) is 70.1 Å². The minimum atomic E-state index is -0.645. The van der Waals surface area contributed by atoms with Gasteiger partial charge in [0.05, 0.1) is 0 Å². The molecule has 6 fully saturated rings. The van der Waals surface area contributed by atoms with E-state index in [0.717, 1.165) is 69.2 Å². The Balaban J connectivity index is 0.842. The number of rotatable bonds is 2. The van der Waals surface area contributed by atoms with Crippen molar-refractivity contribution < 1.29 is 28.7 Å². The Bertz CT molecular complexity index is 2280. The summed E-state index contributed by atoms with van der Waals surface area (Å²) >= 11 is 3.08. The second-order valence-corrected chi connectivity index (χ2v) is 22.7. The minimum Gasteiger partial charge on any atom is -0.483 e. The van der Waals surface area contributed by atoms with Crippen molar-refractivity contribution in [3.8, 4) is 0 Å². The Morgan fingerprint density at radius 2 is 0.850 bits per heavy atom. The number of ketones is 4. The fourth-order valence-corrected chi connectivity index (χ4v) is 15.7. The van der Waals surface area contributed by atoms with Crippen molar-refractivity contribution >= 4 is 78.4 Å². The van der Waals surface area contributed by atoms with Gasteiger partial charge in [0, 0.05) is 67.5 Å². The van der Waals surface area contributed by atoms with Crippen molar-refractivity contribution in [2.24, 2.45) is 69.2 Å². The average Bonchev–Trinajstić information content (AvgIpc) is 3.97. The minimum absolute atomic E-state index is 0.0134. The SMILES string of the molecule is CC1(C)OC2=CC3C=C4C(=CC3C=C2c2sc(N=C3C(=O)C5CC6CCCCC6CC5C3=O)cc21)OC(C)(C)c1cc(N=C2C(=O)C3CC5CCCCC5CC3C2=O)sc14. The van der Waals surface area contributed by atoms with Crippen LogP contribution in [0.3, 0.4) is 0 Å². The summed E-state index contributed by atoms with van der Waals surface area (Å²) < 4.78 is 13.6. The number of thiophene rings is 2. The number of carbonyl (C=O) groups is 4. The molecule has 60 heavy (non-hydrogen) atoms. The van der Waals surface area contributed by atoms with E-state index >= 15 is 0 Å². The molecule has 0 spiro atoms. The van der Waals surface area contributed by atoms with Gasteiger partial charge in [-0.15, -0.1) is 22.7 Å². The highest BCUT2D eigenvalue weighted by molar-refractivity contribution is 7.17. The van der Waals surface area contributed by atoms with Gasteiger partial charge in [0.2, 0.25) is 0 Å². The lowest BCUT2D eigenvalue weighted by atomic mass is 9.64. The molecule has 0 N–H and O–H groups in total. The quantitative estimate of drug-likeness (QED) is 0.298. The first kappa shape index (κ1) is 37.7. The van der Waals surface area contributed by atoms with Gasteiger partial charge in [-0.25, -0.2) is 9.98 Å². The molecule has 2 aromatic rings. The Labute approximate surface area is 359 Å². The van der Waals surface area contributed by atoms with Crippen LogP contribution >= 0.6 is 22.7 Å². The highest BCUT2D eigenvalue weighted by Gasteiger charge is 2.54. The molecule has 0 amide bonds. The van der Waals surface area contributed by atoms with E-state index in [4.69, 9.17) is 19.5 Å². The maximum atomic E-state index is 13.8. The molecule has 12 rings (SSSR count). The van der Waals surface area contributed by atoms with Crippen molar-refractivity contribution in [1.82, 2.24) is 0 Å². The zero-order valence-corrected chi connectivity index (χ0v) is 36.5. The Morgan fingerprint density at radius 3 is 1.18 bits per heavy atom. The van der Waals surface area contributed by atoms with Crippen LogP contribution in [0.15, 0.2) is 57.9 Å². The van der Waals surface area contributed by atoms with Crippen molar-refractivity contribution in [2.75, 3.05) is 0 Å². The molecule has 0 saturated heterocycles. The molecule has 2 aromatic heterocycles. The average molecular weight is 841 g/mol. The summed E-state index contributed by atoms with van der Waals surface area (Å²) in [5.41, 5.74) is 3.06. The standard InChI is InChI=1S/C50H52N2O6S2/c1-49(2)35-21-39(51-41-43(53)29-13-23-9-5-6-10-24(23)14-30(29)44(41)54)59-47(35)33-17-28-20-38-34(18-27(28)19-37(33)57-49)48-36(50(3,4)58-38)22-40(60-48)52-42-45(55)31-15-25-11-7-8-12-26(25)16-32(31)46(42)56/h17-32H,5-16H2,1-4H3. The number of ether oxygens (including phenoxy) is 2. The van der Waals surface area contributed by atoms with Gasteiger partial charge < -0.3 is 9.47 Å². The summed E-state index contributed by atoms with van der Waals surface area (Å²) in [7, 11) is 0. The van der Waals surface area contributed by atoms with Crippen LogP contribution in [0.4, 0.5) is 10.0 Å². The Kier molecular flexibility index (Phi) is 8.33. The van der Waals surface area contributed by atoms with Crippen molar-refractivity contribution in [3.05, 3.63) is 68.8 Å². The third kappa shape index (κ3) is 5.63. The van der Waals surface area contributed by atoms with E-state index < -0.39 is 11.2 Å². The number of hydrogen-bond acceptors (Lipinski definition) is 10. The van der Waals surface area contributed by atoms with Crippen LogP contribution in [0.1, 0.15) is 126 Å². The fourth-order valence-electron chi connectivity index (χ4n) is 13.3. The first-order valence-electron chi connectivity index (χ1n) is 22.7. The van der Waals surface area contributed by atoms with Gasteiger partial charge in [-0.1, -0.05) is 63.5 Å². The van der Waals surface area contributed by atoms with Crippen LogP contribution in [-0.4, -0.2) is 34.6 Å². The number of Topliss-reactive ketones (excluding diaryl/α,β-unsaturated/α-hetero) is 4. The lowest BCUT2D eigenvalue weighted by Crippen LogP contribution is -2.35. The molecule has 310 valence electrons. The Hall–Kier alpha value is -4.02. The molecule has 8 nitrogen and oxygen atoms in total. The highest BCUT2D eigenvalue weighted by atomic mass is 32.1. The molecule has 8 aliphatic carbocycles. The molecule has 10 atom stereocenters. The van der Waals surface area contributed by atoms with E-state index in [1.165, 1.54) is 51.4 Å². The maximum absolute atomic E-state index is 13.8. The normalized spacial score (nSPS) is 36.5. The zero-order valence-electron chi connectivity index (χ0n) is 34.9. The highest BCUT2D eigenvalue weighted by Crippen LogP contribution is 2.57. The molecular weight excluding hydrogens is 789 g/mol. The van der Waals surface area contributed by atoms with E-state index in [1.807, 2.05) is 12.1 Å².